The lowest BCUT2D eigenvalue weighted by atomic mass is 10.1. The molecule has 5 heteroatoms. The van der Waals surface area contributed by atoms with Crippen LogP contribution in [0.1, 0.15) is 30.1 Å². The van der Waals surface area contributed by atoms with Gasteiger partial charge in [-0.25, -0.2) is 4.39 Å². The molecule has 0 bridgehead atoms. The second-order valence-corrected chi connectivity index (χ2v) is 3.94. The first-order valence-electron chi connectivity index (χ1n) is 5.11. The van der Waals surface area contributed by atoms with Crippen molar-refractivity contribution in [3.63, 3.8) is 0 Å². The van der Waals surface area contributed by atoms with Gasteiger partial charge in [0, 0.05) is 18.1 Å². The molecule has 0 aromatic carbocycles. The number of aromatic nitrogens is 1. The molecular formula is C11H14ClFN2O. The predicted molar refractivity (Wildman–Crippen MR) is 61.1 cm³/mol. The highest BCUT2D eigenvalue weighted by Gasteiger charge is 2.13. The summed E-state index contributed by atoms with van der Waals surface area (Å²) in [6.45, 7) is 1.86. The van der Waals surface area contributed by atoms with Crippen LogP contribution in [0.25, 0.3) is 0 Å². The van der Waals surface area contributed by atoms with E-state index in [1.807, 2.05) is 6.92 Å². The van der Waals surface area contributed by atoms with Crippen molar-refractivity contribution in [2.75, 3.05) is 5.88 Å². The van der Waals surface area contributed by atoms with Crippen molar-refractivity contribution in [2.24, 2.45) is 0 Å². The van der Waals surface area contributed by atoms with Crippen molar-refractivity contribution in [3.8, 4) is 0 Å². The van der Waals surface area contributed by atoms with Gasteiger partial charge in [0.15, 0.2) is 5.82 Å². The molecule has 1 aromatic rings. The van der Waals surface area contributed by atoms with E-state index in [0.29, 0.717) is 5.88 Å². The summed E-state index contributed by atoms with van der Waals surface area (Å²) < 4.78 is 13.2. The predicted octanol–water partition coefficient (Wildman–Crippen LogP) is 2.36. The lowest BCUT2D eigenvalue weighted by Crippen LogP contribution is -2.33. The Bertz CT molecular complexity index is 360. The monoisotopic (exact) mass is 244 g/mol. The van der Waals surface area contributed by atoms with Gasteiger partial charge in [-0.3, -0.25) is 9.78 Å². The number of nitrogens with zero attached hydrogens (tertiary/aromatic N) is 1. The fourth-order valence-electron chi connectivity index (χ4n) is 1.32. The van der Waals surface area contributed by atoms with Gasteiger partial charge >= 0.3 is 0 Å². The first kappa shape index (κ1) is 12.9. The third-order valence-corrected chi connectivity index (χ3v) is 2.43. The molecule has 3 nitrogen and oxygen atoms in total. The maximum absolute atomic E-state index is 13.2. The van der Waals surface area contributed by atoms with Gasteiger partial charge in [0.25, 0.3) is 5.91 Å². The van der Waals surface area contributed by atoms with E-state index in [4.69, 9.17) is 11.6 Å². The van der Waals surface area contributed by atoms with Gasteiger partial charge in [0.05, 0.1) is 11.8 Å². The second kappa shape index (κ2) is 6.43. The van der Waals surface area contributed by atoms with Gasteiger partial charge in [-0.05, 0) is 25.8 Å². The molecule has 1 N–H and O–H groups in total. The number of carbonyl (C=O) groups is 1. The zero-order valence-corrected chi connectivity index (χ0v) is 9.80. The Labute approximate surface area is 99.0 Å². The zero-order chi connectivity index (χ0) is 12.0. The standard InChI is InChI=1S/C11H14ClFN2O/c1-8(3-2-5-12)15-11(16)9-4-6-14-7-10(9)13/h4,6-8H,2-3,5H2,1H3,(H,15,16). The minimum absolute atomic E-state index is 0.0150. The molecule has 1 unspecified atom stereocenters. The van der Waals surface area contributed by atoms with Gasteiger partial charge in [0.1, 0.15) is 0 Å². The number of halogens is 2. The van der Waals surface area contributed by atoms with Crippen LogP contribution in [0.15, 0.2) is 18.5 Å². The average molecular weight is 245 g/mol. The first-order valence-corrected chi connectivity index (χ1v) is 5.65. The van der Waals surface area contributed by atoms with E-state index in [9.17, 15) is 9.18 Å². The molecule has 0 aliphatic carbocycles. The van der Waals surface area contributed by atoms with Crippen LogP contribution in [-0.4, -0.2) is 22.8 Å². The number of nitrogens with one attached hydrogen (secondary N) is 1. The van der Waals surface area contributed by atoms with Crippen molar-refractivity contribution in [3.05, 3.63) is 29.8 Å². The number of rotatable bonds is 5. The Balaban J connectivity index is 2.56. The van der Waals surface area contributed by atoms with E-state index in [0.717, 1.165) is 19.0 Å². The lowest BCUT2D eigenvalue weighted by Gasteiger charge is -2.13. The van der Waals surface area contributed by atoms with Crippen molar-refractivity contribution >= 4 is 17.5 Å². The molecule has 0 radical (unpaired) electrons. The topological polar surface area (TPSA) is 42.0 Å². The summed E-state index contributed by atoms with van der Waals surface area (Å²) in [6.07, 6.45) is 4.02. The molecule has 0 saturated heterocycles. The summed E-state index contributed by atoms with van der Waals surface area (Å²) in [7, 11) is 0. The van der Waals surface area contributed by atoms with Crippen LogP contribution >= 0.6 is 11.6 Å². The van der Waals surface area contributed by atoms with Crippen LogP contribution < -0.4 is 5.32 Å². The summed E-state index contributed by atoms with van der Waals surface area (Å²) in [6, 6.07) is 1.35. The highest BCUT2D eigenvalue weighted by molar-refractivity contribution is 6.17. The fraction of sp³-hybridized carbons (Fsp3) is 0.455. The van der Waals surface area contributed by atoms with Crippen LogP contribution in [0.2, 0.25) is 0 Å². The molecule has 1 atom stereocenters. The van der Waals surface area contributed by atoms with Crippen LogP contribution in [-0.2, 0) is 0 Å². The maximum Gasteiger partial charge on any atom is 0.254 e. The van der Waals surface area contributed by atoms with Crippen LogP contribution in [0, 0.1) is 5.82 Å². The summed E-state index contributed by atoms with van der Waals surface area (Å²) in [4.78, 5) is 15.2. The van der Waals surface area contributed by atoms with Crippen molar-refractivity contribution in [1.29, 1.82) is 0 Å². The highest BCUT2D eigenvalue weighted by atomic mass is 35.5. The van der Waals surface area contributed by atoms with E-state index in [2.05, 4.69) is 10.3 Å². The number of hydrogen-bond donors (Lipinski definition) is 1. The Kier molecular flexibility index (Phi) is 5.19. The van der Waals surface area contributed by atoms with Crippen molar-refractivity contribution < 1.29 is 9.18 Å². The fourth-order valence-corrected chi connectivity index (χ4v) is 1.47. The molecular weight excluding hydrogens is 231 g/mol. The normalized spacial score (nSPS) is 12.2. The third kappa shape index (κ3) is 3.77. The summed E-state index contributed by atoms with van der Waals surface area (Å²) in [5.74, 6) is -0.462. The zero-order valence-electron chi connectivity index (χ0n) is 9.04. The first-order chi connectivity index (χ1) is 7.65. The van der Waals surface area contributed by atoms with E-state index in [-0.39, 0.29) is 11.6 Å². The minimum Gasteiger partial charge on any atom is -0.349 e. The van der Waals surface area contributed by atoms with Gasteiger partial charge in [-0.2, -0.15) is 0 Å². The molecule has 0 spiro atoms. The Morgan fingerprint density at radius 2 is 2.44 bits per heavy atom. The number of pyridine rings is 1. The highest BCUT2D eigenvalue weighted by Crippen LogP contribution is 2.06. The van der Waals surface area contributed by atoms with Gasteiger partial charge in [-0.1, -0.05) is 0 Å². The van der Waals surface area contributed by atoms with Gasteiger partial charge < -0.3 is 5.32 Å². The molecule has 1 amide bonds. The Hall–Kier alpha value is -1.16. The van der Waals surface area contributed by atoms with Gasteiger partial charge in [-0.15, -0.1) is 11.6 Å². The van der Waals surface area contributed by atoms with E-state index >= 15 is 0 Å². The van der Waals surface area contributed by atoms with Gasteiger partial charge in [0.2, 0.25) is 0 Å². The average Bonchev–Trinajstić information content (AvgIpc) is 2.26. The maximum atomic E-state index is 13.2. The Morgan fingerprint density at radius 1 is 1.69 bits per heavy atom. The molecule has 0 aliphatic rings. The molecule has 1 heterocycles. The summed E-state index contributed by atoms with van der Waals surface area (Å²) in [5.41, 5.74) is 0.0210. The van der Waals surface area contributed by atoms with Crippen LogP contribution in [0.5, 0.6) is 0 Å². The van der Waals surface area contributed by atoms with Crippen LogP contribution in [0.3, 0.4) is 0 Å². The molecule has 1 aromatic heterocycles. The molecule has 0 fully saturated rings. The van der Waals surface area contributed by atoms with Crippen molar-refractivity contribution in [2.45, 2.75) is 25.8 Å². The molecule has 1 rings (SSSR count). The number of hydrogen-bond acceptors (Lipinski definition) is 2. The molecule has 0 saturated carbocycles. The summed E-state index contributed by atoms with van der Waals surface area (Å²) in [5, 5.41) is 2.71. The lowest BCUT2D eigenvalue weighted by molar-refractivity contribution is 0.0934. The van der Waals surface area contributed by atoms with E-state index in [1.54, 1.807) is 0 Å². The number of amides is 1. The van der Waals surface area contributed by atoms with E-state index < -0.39 is 11.7 Å². The molecule has 16 heavy (non-hydrogen) atoms. The molecule has 0 aliphatic heterocycles. The third-order valence-electron chi connectivity index (χ3n) is 2.17. The van der Waals surface area contributed by atoms with E-state index in [1.165, 1.54) is 12.3 Å². The largest absolute Gasteiger partial charge is 0.349 e. The SMILES string of the molecule is CC(CCCCl)NC(=O)c1ccncc1F. The summed E-state index contributed by atoms with van der Waals surface area (Å²) >= 11 is 5.54. The van der Waals surface area contributed by atoms with Crippen LogP contribution in [0.4, 0.5) is 4.39 Å². The quantitative estimate of drug-likeness (QED) is 0.808. The minimum atomic E-state index is -0.607. The number of carbonyl (C=O) groups excluding carboxylic acids is 1. The number of alkyl halides is 1. The van der Waals surface area contributed by atoms with Crippen molar-refractivity contribution in [1.82, 2.24) is 10.3 Å². The smallest absolute Gasteiger partial charge is 0.254 e. The Morgan fingerprint density at radius 3 is 3.06 bits per heavy atom. The molecule has 88 valence electrons. The second-order valence-electron chi connectivity index (χ2n) is 3.56.